The van der Waals surface area contributed by atoms with E-state index in [1.165, 1.54) is 30.0 Å². The maximum absolute atomic E-state index is 11.9. The van der Waals surface area contributed by atoms with Gasteiger partial charge in [0.2, 0.25) is 16.9 Å². The molecule has 1 aromatic heterocycles. The van der Waals surface area contributed by atoms with Gasteiger partial charge in [0.25, 0.3) is 0 Å². The molecule has 0 atom stereocenters. The second-order valence-corrected chi connectivity index (χ2v) is 6.93. The summed E-state index contributed by atoms with van der Waals surface area (Å²) in [6, 6.07) is 7.39. The molecule has 2 rings (SSSR count). The zero-order valence-corrected chi connectivity index (χ0v) is 14.1. The number of aromatic nitrogens is 2. The quantitative estimate of drug-likeness (QED) is 0.609. The summed E-state index contributed by atoms with van der Waals surface area (Å²) >= 11 is 5.86. The number of para-hydroxylation sites is 1. The zero-order valence-electron chi connectivity index (χ0n) is 10.9. The average molecular weight is 387 g/mol. The summed E-state index contributed by atoms with van der Waals surface area (Å²) in [6.07, 6.45) is 0. The largest absolute Gasteiger partial charge is 0.324 e. The molecule has 110 valence electrons. The molecule has 1 heterocycles. The van der Waals surface area contributed by atoms with Gasteiger partial charge in [0.1, 0.15) is 0 Å². The third-order valence-electron chi connectivity index (χ3n) is 2.16. The molecule has 2 N–H and O–H groups in total. The smallest absolute Gasteiger partial charge is 0.234 e. The van der Waals surface area contributed by atoms with Crippen LogP contribution in [0.3, 0.4) is 0 Å². The fourth-order valence-corrected chi connectivity index (χ4v) is 3.33. The van der Waals surface area contributed by atoms with Crippen LogP contribution in [0.1, 0.15) is 6.92 Å². The number of carbonyl (C=O) groups is 2. The van der Waals surface area contributed by atoms with E-state index in [9.17, 15) is 9.59 Å². The molecule has 0 saturated carbocycles. The molecule has 0 aliphatic carbocycles. The minimum atomic E-state index is -0.200. The van der Waals surface area contributed by atoms with Crippen molar-refractivity contribution >= 4 is 61.7 Å². The van der Waals surface area contributed by atoms with Crippen molar-refractivity contribution in [3.05, 3.63) is 28.7 Å². The highest BCUT2D eigenvalue weighted by molar-refractivity contribution is 9.10. The van der Waals surface area contributed by atoms with Crippen LogP contribution >= 0.6 is 39.0 Å². The molecule has 1 aromatic carbocycles. The summed E-state index contributed by atoms with van der Waals surface area (Å²) in [6.45, 7) is 1.40. The Bertz CT molecular complexity index is 662. The van der Waals surface area contributed by atoms with Crippen molar-refractivity contribution in [1.82, 2.24) is 10.2 Å². The van der Waals surface area contributed by atoms with Crippen LogP contribution in [0.5, 0.6) is 0 Å². The molecule has 21 heavy (non-hydrogen) atoms. The number of thioether (sulfide) groups is 1. The van der Waals surface area contributed by atoms with Gasteiger partial charge in [0, 0.05) is 11.4 Å². The van der Waals surface area contributed by atoms with Crippen LogP contribution in [0.15, 0.2) is 33.1 Å². The average Bonchev–Trinajstić information content (AvgIpc) is 2.86. The monoisotopic (exact) mass is 386 g/mol. The summed E-state index contributed by atoms with van der Waals surface area (Å²) in [7, 11) is 0. The van der Waals surface area contributed by atoms with Crippen molar-refractivity contribution in [3.8, 4) is 0 Å². The van der Waals surface area contributed by atoms with Crippen molar-refractivity contribution in [2.45, 2.75) is 11.3 Å². The molecule has 0 unspecified atom stereocenters. The number of rotatable bonds is 5. The van der Waals surface area contributed by atoms with Crippen molar-refractivity contribution in [2.75, 3.05) is 16.4 Å². The summed E-state index contributed by atoms with van der Waals surface area (Å²) < 4.78 is 1.45. The van der Waals surface area contributed by atoms with Gasteiger partial charge >= 0.3 is 0 Å². The summed E-state index contributed by atoms with van der Waals surface area (Å²) in [5, 5.41) is 13.5. The zero-order chi connectivity index (χ0) is 15.2. The first kappa shape index (κ1) is 15.9. The van der Waals surface area contributed by atoms with E-state index < -0.39 is 0 Å². The van der Waals surface area contributed by atoms with Crippen molar-refractivity contribution in [2.24, 2.45) is 0 Å². The molecule has 0 fully saturated rings. The second-order valence-electron chi connectivity index (χ2n) is 3.87. The first-order chi connectivity index (χ1) is 10.0. The Morgan fingerprint density at radius 1 is 1.29 bits per heavy atom. The van der Waals surface area contributed by atoms with E-state index in [1.807, 2.05) is 24.3 Å². The highest BCUT2D eigenvalue weighted by atomic mass is 79.9. The molecule has 6 nitrogen and oxygen atoms in total. The van der Waals surface area contributed by atoms with Crippen LogP contribution in [0.25, 0.3) is 0 Å². The highest BCUT2D eigenvalue weighted by Crippen LogP contribution is 2.26. The van der Waals surface area contributed by atoms with Gasteiger partial charge in [-0.3, -0.25) is 9.59 Å². The SMILES string of the molecule is CC(=O)Nc1nnc(SCC(=O)Nc2ccccc2Br)s1. The van der Waals surface area contributed by atoms with Gasteiger partial charge in [-0.05, 0) is 28.1 Å². The molecule has 0 aliphatic rings. The van der Waals surface area contributed by atoms with Crippen LogP contribution in [0.2, 0.25) is 0 Å². The molecule has 0 spiro atoms. The minimum absolute atomic E-state index is 0.136. The number of hydrogen-bond donors (Lipinski definition) is 2. The Kier molecular flexibility index (Phi) is 5.71. The lowest BCUT2D eigenvalue weighted by atomic mass is 10.3. The van der Waals surface area contributed by atoms with Crippen LogP contribution in [-0.4, -0.2) is 27.8 Å². The molecule has 0 saturated heterocycles. The number of nitrogens with one attached hydrogen (secondary N) is 2. The third-order valence-corrected chi connectivity index (χ3v) is 4.83. The fraction of sp³-hybridized carbons (Fsp3) is 0.167. The maximum Gasteiger partial charge on any atom is 0.234 e. The molecule has 9 heteroatoms. The predicted octanol–water partition coefficient (Wildman–Crippen LogP) is 2.99. The number of amides is 2. The van der Waals surface area contributed by atoms with Gasteiger partial charge in [0.05, 0.1) is 11.4 Å². The fourth-order valence-electron chi connectivity index (χ4n) is 1.35. The minimum Gasteiger partial charge on any atom is -0.324 e. The first-order valence-corrected chi connectivity index (χ1v) is 8.42. The normalized spacial score (nSPS) is 10.2. The lowest BCUT2D eigenvalue weighted by Gasteiger charge is -2.05. The summed E-state index contributed by atoms with van der Waals surface area (Å²) in [5.74, 6) is -0.117. The Morgan fingerprint density at radius 3 is 2.76 bits per heavy atom. The number of nitrogens with zero attached hydrogens (tertiary/aromatic N) is 2. The number of anilines is 2. The van der Waals surface area contributed by atoms with E-state index in [0.29, 0.717) is 9.47 Å². The summed E-state index contributed by atoms with van der Waals surface area (Å²) in [5.41, 5.74) is 0.722. The third kappa shape index (κ3) is 5.10. The van der Waals surface area contributed by atoms with Crippen LogP contribution in [0, 0.1) is 0 Å². The topological polar surface area (TPSA) is 84.0 Å². The van der Waals surface area contributed by atoms with Crippen LogP contribution in [-0.2, 0) is 9.59 Å². The van der Waals surface area contributed by atoms with Crippen LogP contribution in [0.4, 0.5) is 10.8 Å². The van der Waals surface area contributed by atoms with E-state index in [2.05, 4.69) is 36.8 Å². The van der Waals surface area contributed by atoms with E-state index in [4.69, 9.17) is 0 Å². The first-order valence-electron chi connectivity index (χ1n) is 5.83. The van der Waals surface area contributed by atoms with Crippen molar-refractivity contribution < 1.29 is 9.59 Å². The molecule has 0 aliphatic heterocycles. The summed E-state index contributed by atoms with van der Waals surface area (Å²) in [4.78, 5) is 22.7. The van der Waals surface area contributed by atoms with Crippen molar-refractivity contribution in [1.29, 1.82) is 0 Å². The Morgan fingerprint density at radius 2 is 2.05 bits per heavy atom. The molecular formula is C12H11BrN4O2S2. The molecule has 0 bridgehead atoms. The number of benzene rings is 1. The molecular weight excluding hydrogens is 376 g/mol. The van der Waals surface area contributed by atoms with E-state index in [0.717, 1.165) is 10.2 Å². The van der Waals surface area contributed by atoms with Gasteiger partial charge in [-0.25, -0.2) is 0 Å². The maximum atomic E-state index is 11.9. The second kappa shape index (κ2) is 7.53. The van der Waals surface area contributed by atoms with Gasteiger partial charge < -0.3 is 10.6 Å². The van der Waals surface area contributed by atoms with Crippen LogP contribution < -0.4 is 10.6 Å². The van der Waals surface area contributed by atoms with Crippen molar-refractivity contribution in [3.63, 3.8) is 0 Å². The molecule has 2 aromatic rings. The van der Waals surface area contributed by atoms with Gasteiger partial charge in [-0.1, -0.05) is 35.2 Å². The predicted molar refractivity (Wildman–Crippen MR) is 87.7 cm³/mol. The van der Waals surface area contributed by atoms with Gasteiger partial charge in [-0.15, -0.1) is 10.2 Å². The van der Waals surface area contributed by atoms with E-state index in [1.54, 1.807) is 0 Å². The Balaban J connectivity index is 1.85. The molecule has 0 radical (unpaired) electrons. The van der Waals surface area contributed by atoms with Gasteiger partial charge in [0.15, 0.2) is 4.34 Å². The van der Waals surface area contributed by atoms with Gasteiger partial charge in [-0.2, -0.15) is 0 Å². The Hall–Kier alpha value is -1.45. The highest BCUT2D eigenvalue weighted by Gasteiger charge is 2.10. The number of hydrogen-bond acceptors (Lipinski definition) is 6. The number of halogens is 1. The lowest BCUT2D eigenvalue weighted by Crippen LogP contribution is -2.14. The Labute approximate surface area is 137 Å². The van der Waals surface area contributed by atoms with E-state index >= 15 is 0 Å². The van der Waals surface area contributed by atoms with E-state index in [-0.39, 0.29) is 17.6 Å². The number of carbonyl (C=O) groups excluding carboxylic acids is 2. The lowest BCUT2D eigenvalue weighted by molar-refractivity contribution is -0.114. The standard InChI is InChI=1S/C12H11BrN4O2S2/c1-7(18)14-11-16-17-12(21-11)20-6-10(19)15-9-5-3-2-4-8(9)13/h2-5H,6H2,1H3,(H,15,19)(H,14,16,18). The molecule has 2 amide bonds.